The molecule has 2 saturated heterocycles. The van der Waals surface area contributed by atoms with Gasteiger partial charge in [0.1, 0.15) is 0 Å². The predicted molar refractivity (Wildman–Crippen MR) is 59.7 cm³/mol. The summed E-state index contributed by atoms with van der Waals surface area (Å²) in [4.78, 5) is 14.0. The number of nitrogens with zero attached hydrogens (tertiary/aromatic N) is 1. The summed E-state index contributed by atoms with van der Waals surface area (Å²) in [6.45, 7) is 5.96. The maximum atomic E-state index is 12.0. The van der Waals surface area contributed by atoms with Crippen LogP contribution in [0.15, 0.2) is 0 Å². The van der Waals surface area contributed by atoms with Crippen molar-refractivity contribution in [3.05, 3.63) is 0 Å². The van der Waals surface area contributed by atoms with Crippen LogP contribution >= 0.6 is 0 Å². The summed E-state index contributed by atoms with van der Waals surface area (Å²) in [6.07, 6.45) is 3.48. The first-order valence-corrected chi connectivity index (χ1v) is 6.03. The predicted octanol–water partition coefficient (Wildman–Crippen LogP) is -0.0512. The van der Waals surface area contributed by atoms with Gasteiger partial charge in [0.2, 0.25) is 5.91 Å². The summed E-state index contributed by atoms with van der Waals surface area (Å²) in [7, 11) is 0. The van der Waals surface area contributed by atoms with E-state index in [1.54, 1.807) is 0 Å². The molecule has 15 heavy (non-hydrogen) atoms. The zero-order valence-corrected chi connectivity index (χ0v) is 9.46. The van der Waals surface area contributed by atoms with Crippen LogP contribution in [-0.4, -0.2) is 49.1 Å². The minimum Gasteiger partial charge on any atom is -0.341 e. The molecule has 2 unspecified atom stereocenters. The van der Waals surface area contributed by atoms with E-state index in [4.69, 9.17) is 0 Å². The quantitative estimate of drug-likeness (QED) is 0.688. The van der Waals surface area contributed by atoms with Crippen LogP contribution in [0.2, 0.25) is 0 Å². The second-order valence-electron chi connectivity index (χ2n) is 4.61. The Morgan fingerprint density at radius 1 is 1.47 bits per heavy atom. The van der Waals surface area contributed by atoms with Gasteiger partial charge in [0, 0.05) is 25.7 Å². The Hall–Kier alpha value is -0.610. The highest BCUT2D eigenvalue weighted by Crippen LogP contribution is 2.09. The fourth-order valence-corrected chi connectivity index (χ4v) is 2.43. The van der Waals surface area contributed by atoms with Gasteiger partial charge in [-0.1, -0.05) is 0 Å². The fourth-order valence-electron chi connectivity index (χ4n) is 2.43. The number of carbonyl (C=O) groups excluding carboxylic acids is 1. The van der Waals surface area contributed by atoms with E-state index in [1.807, 2.05) is 11.8 Å². The molecule has 86 valence electrons. The van der Waals surface area contributed by atoms with Crippen molar-refractivity contribution in [1.82, 2.24) is 15.5 Å². The van der Waals surface area contributed by atoms with Crippen LogP contribution in [0.25, 0.3) is 0 Å². The van der Waals surface area contributed by atoms with Crippen LogP contribution in [0.4, 0.5) is 0 Å². The Labute approximate surface area is 91.4 Å². The number of amides is 1. The van der Waals surface area contributed by atoms with Gasteiger partial charge in [-0.3, -0.25) is 4.79 Å². The Morgan fingerprint density at radius 2 is 2.20 bits per heavy atom. The Morgan fingerprint density at radius 3 is 2.80 bits per heavy atom. The monoisotopic (exact) mass is 211 g/mol. The maximum absolute atomic E-state index is 12.0. The molecule has 2 rings (SSSR count). The second kappa shape index (κ2) is 4.94. The van der Waals surface area contributed by atoms with Gasteiger partial charge < -0.3 is 15.5 Å². The third-order valence-electron chi connectivity index (χ3n) is 3.33. The summed E-state index contributed by atoms with van der Waals surface area (Å²) >= 11 is 0. The van der Waals surface area contributed by atoms with E-state index in [0.29, 0.717) is 6.04 Å². The van der Waals surface area contributed by atoms with Gasteiger partial charge in [0.05, 0.1) is 6.04 Å². The minimum absolute atomic E-state index is 0.0204. The summed E-state index contributed by atoms with van der Waals surface area (Å²) in [6, 6.07) is 0.458. The molecule has 0 aromatic rings. The van der Waals surface area contributed by atoms with Gasteiger partial charge in [-0.15, -0.1) is 0 Å². The molecule has 0 aromatic carbocycles. The van der Waals surface area contributed by atoms with Gasteiger partial charge in [-0.25, -0.2) is 0 Å². The molecule has 2 heterocycles. The number of nitrogens with one attached hydrogen (secondary N) is 2. The second-order valence-corrected chi connectivity index (χ2v) is 4.61. The maximum Gasteiger partial charge on any atom is 0.239 e. The molecule has 2 aliphatic heterocycles. The van der Waals surface area contributed by atoms with Crippen molar-refractivity contribution in [3.8, 4) is 0 Å². The smallest absolute Gasteiger partial charge is 0.239 e. The number of hydrogen-bond donors (Lipinski definition) is 2. The van der Waals surface area contributed by atoms with Crippen molar-refractivity contribution in [3.63, 3.8) is 0 Å². The molecule has 0 aromatic heterocycles. The Balaban J connectivity index is 1.78. The van der Waals surface area contributed by atoms with Crippen molar-refractivity contribution in [2.45, 2.75) is 38.3 Å². The zero-order chi connectivity index (χ0) is 10.7. The van der Waals surface area contributed by atoms with Crippen LogP contribution in [-0.2, 0) is 4.79 Å². The van der Waals surface area contributed by atoms with Crippen LogP contribution in [0.1, 0.15) is 26.2 Å². The standard InChI is InChI=1S/C11H21N3O/c1-9(13-10-4-5-12-8-10)11(15)14-6-2-3-7-14/h9-10,12-13H,2-8H2,1H3. The molecule has 0 saturated carbocycles. The van der Waals surface area contributed by atoms with Crippen LogP contribution in [0, 0.1) is 0 Å². The van der Waals surface area contributed by atoms with Gasteiger partial charge in [-0.05, 0) is 32.7 Å². The fraction of sp³-hybridized carbons (Fsp3) is 0.909. The number of carbonyl (C=O) groups is 1. The number of likely N-dealkylation sites (tertiary alicyclic amines) is 1. The Bertz CT molecular complexity index is 220. The molecule has 0 aliphatic carbocycles. The highest BCUT2D eigenvalue weighted by Gasteiger charge is 2.25. The van der Waals surface area contributed by atoms with Crippen LogP contribution in [0.5, 0.6) is 0 Å². The van der Waals surface area contributed by atoms with Crippen molar-refractivity contribution in [2.75, 3.05) is 26.2 Å². The van der Waals surface area contributed by atoms with E-state index in [9.17, 15) is 4.79 Å². The van der Waals surface area contributed by atoms with Gasteiger partial charge >= 0.3 is 0 Å². The molecule has 2 atom stereocenters. The molecule has 2 aliphatic rings. The molecular weight excluding hydrogens is 190 g/mol. The molecule has 2 N–H and O–H groups in total. The van der Waals surface area contributed by atoms with Gasteiger partial charge in [0.25, 0.3) is 0 Å². The highest BCUT2D eigenvalue weighted by molar-refractivity contribution is 5.81. The zero-order valence-electron chi connectivity index (χ0n) is 9.46. The molecule has 2 fully saturated rings. The van der Waals surface area contributed by atoms with Crippen molar-refractivity contribution < 1.29 is 4.79 Å². The lowest BCUT2D eigenvalue weighted by Crippen LogP contribution is -2.48. The van der Waals surface area contributed by atoms with E-state index >= 15 is 0 Å². The largest absolute Gasteiger partial charge is 0.341 e. The molecule has 4 heteroatoms. The van der Waals surface area contributed by atoms with Crippen molar-refractivity contribution >= 4 is 5.91 Å². The van der Waals surface area contributed by atoms with E-state index in [0.717, 1.165) is 32.6 Å². The molecular formula is C11H21N3O. The SMILES string of the molecule is CC(NC1CCNC1)C(=O)N1CCCC1. The van der Waals surface area contributed by atoms with Gasteiger partial charge in [-0.2, -0.15) is 0 Å². The van der Waals surface area contributed by atoms with Crippen molar-refractivity contribution in [2.24, 2.45) is 0 Å². The first-order chi connectivity index (χ1) is 7.27. The average molecular weight is 211 g/mol. The highest BCUT2D eigenvalue weighted by atomic mass is 16.2. The average Bonchev–Trinajstić information content (AvgIpc) is 2.88. The first kappa shape index (κ1) is 10.9. The van der Waals surface area contributed by atoms with E-state index < -0.39 is 0 Å². The number of hydrogen-bond acceptors (Lipinski definition) is 3. The summed E-state index contributed by atoms with van der Waals surface area (Å²) < 4.78 is 0. The lowest BCUT2D eigenvalue weighted by Gasteiger charge is -2.23. The van der Waals surface area contributed by atoms with Crippen LogP contribution < -0.4 is 10.6 Å². The van der Waals surface area contributed by atoms with E-state index in [2.05, 4.69) is 10.6 Å². The molecule has 0 bridgehead atoms. The Kier molecular flexibility index (Phi) is 3.59. The minimum atomic E-state index is -0.0204. The van der Waals surface area contributed by atoms with E-state index in [-0.39, 0.29) is 11.9 Å². The summed E-state index contributed by atoms with van der Waals surface area (Å²) in [5.41, 5.74) is 0. The normalized spacial score (nSPS) is 28.3. The third-order valence-corrected chi connectivity index (χ3v) is 3.33. The molecule has 1 amide bonds. The first-order valence-electron chi connectivity index (χ1n) is 6.03. The molecule has 0 radical (unpaired) electrons. The summed E-state index contributed by atoms with van der Waals surface area (Å²) in [5.74, 6) is 0.277. The molecule has 4 nitrogen and oxygen atoms in total. The van der Waals surface area contributed by atoms with Crippen molar-refractivity contribution in [1.29, 1.82) is 0 Å². The van der Waals surface area contributed by atoms with E-state index in [1.165, 1.54) is 12.8 Å². The van der Waals surface area contributed by atoms with Crippen LogP contribution in [0.3, 0.4) is 0 Å². The third kappa shape index (κ3) is 2.69. The molecule has 0 spiro atoms. The summed E-state index contributed by atoms with van der Waals surface area (Å²) in [5, 5.41) is 6.70. The lowest BCUT2D eigenvalue weighted by atomic mass is 10.2. The number of rotatable bonds is 3. The lowest BCUT2D eigenvalue weighted by molar-refractivity contribution is -0.132. The van der Waals surface area contributed by atoms with Gasteiger partial charge in [0.15, 0.2) is 0 Å². The topological polar surface area (TPSA) is 44.4 Å².